The lowest BCUT2D eigenvalue weighted by Gasteiger charge is -2.33. The lowest BCUT2D eigenvalue weighted by atomic mass is 9.98. The molecule has 3 rings (SSSR count). The highest BCUT2D eigenvalue weighted by Crippen LogP contribution is 2.21. The largest absolute Gasteiger partial charge is 0.336 e. The van der Waals surface area contributed by atoms with Gasteiger partial charge >= 0.3 is 0 Å². The highest BCUT2D eigenvalue weighted by atomic mass is 15.2. The Kier molecular flexibility index (Phi) is 3.96. The van der Waals surface area contributed by atoms with Crippen molar-refractivity contribution in [2.45, 2.75) is 38.3 Å². The molecule has 1 aliphatic heterocycles. The second-order valence-corrected chi connectivity index (χ2v) is 5.79. The van der Waals surface area contributed by atoms with Crippen LogP contribution in [-0.2, 0) is 6.54 Å². The normalized spacial score (nSPS) is 25.4. The number of piperidine rings is 1. The van der Waals surface area contributed by atoms with E-state index in [2.05, 4.69) is 26.0 Å². The third-order valence-corrected chi connectivity index (χ3v) is 4.11. The molecule has 2 aliphatic rings. The van der Waals surface area contributed by atoms with E-state index in [4.69, 9.17) is 0 Å². The quantitative estimate of drug-likeness (QED) is 0.825. The molecule has 1 unspecified atom stereocenters. The van der Waals surface area contributed by atoms with E-state index in [1.54, 1.807) is 0 Å². The maximum absolute atomic E-state index is 4.09. The second-order valence-electron chi connectivity index (χ2n) is 5.79. The molecule has 2 fully saturated rings. The zero-order chi connectivity index (χ0) is 12.2. The van der Waals surface area contributed by atoms with Crippen molar-refractivity contribution >= 4 is 0 Å². The van der Waals surface area contributed by atoms with Crippen LogP contribution in [-0.4, -0.2) is 46.7 Å². The molecule has 0 aromatic carbocycles. The summed E-state index contributed by atoms with van der Waals surface area (Å²) >= 11 is 0. The molecule has 4 nitrogen and oxygen atoms in total. The smallest absolute Gasteiger partial charge is 0.0946 e. The van der Waals surface area contributed by atoms with E-state index in [0.717, 1.165) is 25.0 Å². The minimum Gasteiger partial charge on any atom is -0.336 e. The van der Waals surface area contributed by atoms with Gasteiger partial charge in [0.1, 0.15) is 0 Å². The number of hydrogen-bond acceptors (Lipinski definition) is 3. The van der Waals surface area contributed by atoms with Gasteiger partial charge in [0.15, 0.2) is 0 Å². The first-order chi connectivity index (χ1) is 8.90. The first-order valence-corrected chi connectivity index (χ1v) is 7.31. The summed E-state index contributed by atoms with van der Waals surface area (Å²) in [6.07, 6.45) is 11.4. The van der Waals surface area contributed by atoms with E-state index in [0.29, 0.717) is 0 Å². The van der Waals surface area contributed by atoms with Crippen LogP contribution in [0.2, 0.25) is 0 Å². The van der Waals surface area contributed by atoms with Gasteiger partial charge in [0.05, 0.1) is 6.33 Å². The maximum atomic E-state index is 4.09. The fourth-order valence-corrected chi connectivity index (χ4v) is 2.82. The van der Waals surface area contributed by atoms with Gasteiger partial charge < -0.3 is 14.8 Å². The molecule has 0 spiro atoms. The molecule has 4 heteroatoms. The predicted octanol–water partition coefficient (Wildman–Crippen LogP) is 1.35. The number of likely N-dealkylation sites (tertiary alicyclic amines) is 1. The summed E-state index contributed by atoms with van der Waals surface area (Å²) in [5.74, 6) is 0.863. The van der Waals surface area contributed by atoms with Crippen LogP contribution < -0.4 is 5.32 Å². The van der Waals surface area contributed by atoms with Crippen molar-refractivity contribution in [2.24, 2.45) is 5.92 Å². The standard InChI is InChI=1S/C14H24N4/c1-2-13(10-16-14-3-4-14)11-17(6-1)8-9-18-7-5-15-12-18/h5,7,12-14,16H,1-4,6,8-11H2. The third kappa shape index (κ3) is 3.56. The average molecular weight is 248 g/mol. The summed E-state index contributed by atoms with van der Waals surface area (Å²) in [6, 6.07) is 0.853. The van der Waals surface area contributed by atoms with E-state index in [1.807, 2.05) is 12.5 Å². The molecule has 18 heavy (non-hydrogen) atoms. The Balaban J connectivity index is 1.38. The number of hydrogen-bond donors (Lipinski definition) is 1. The number of nitrogens with one attached hydrogen (secondary N) is 1. The molecule has 1 aliphatic carbocycles. The van der Waals surface area contributed by atoms with Crippen LogP contribution in [0.25, 0.3) is 0 Å². The van der Waals surface area contributed by atoms with Crippen LogP contribution in [0.15, 0.2) is 18.7 Å². The predicted molar refractivity (Wildman–Crippen MR) is 72.4 cm³/mol. The molecule has 0 amide bonds. The Morgan fingerprint density at radius 1 is 1.22 bits per heavy atom. The molecule has 1 saturated carbocycles. The molecule has 0 radical (unpaired) electrons. The molecular weight excluding hydrogens is 224 g/mol. The highest BCUT2D eigenvalue weighted by Gasteiger charge is 2.24. The fraction of sp³-hybridized carbons (Fsp3) is 0.786. The van der Waals surface area contributed by atoms with Gasteiger partial charge in [-0.3, -0.25) is 0 Å². The van der Waals surface area contributed by atoms with Crippen LogP contribution in [0.1, 0.15) is 25.7 Å². The fourth-order valence-electron chi connectivity index (χ4n) is 2.82. The van der Waals surface area contributed by atoms with Gasteiger partial charge in [-0.25, -0.2) is 4.98 Å². The first kappa shape index (κ1) is 12.2. The highest BCUT2D eigenvalue weighted by molar-refractivity contribution is 4.84. The lowest BCUT2D eigenvalue weighted by molar-refractivity contribution is 0.167. The summed E-state index contributed by atoms with van der Waals surface area (Å²) in [5, 5.41) is 3.67. The summed E-state index contributed by atoms with van der Waals surface area (Å²) in [4.78, 5) is 6.70. The van der Waals surface area contributed by atoms with Gasteiger partial charge in [0.25, 0.3) is 0 Å². The topological polar surface area (TPSA) is 33.1 Å². The number of nitrogens with zero attached hydrogens (tertiary/aromatic N) is 3. The van der Waals surface area contributed by atoms with Crippen molar-refractivity contribution < 1.29 is 0 Å². The summed E-state index contributed by atoms with van der Waals surface area (Å²) in [5.41, 5.74) is 0. The molecule has 1 saturated heterocycles. The van der Waals surface area contributed by atoms with Crippen molar-refractivity contribution in [3.8, 4) is 0 Å². The molecule has 1 N–H and O–H groups in total. The number of imidazole rings is 1. The van der Waals surface area contributed by atoms with Gasteiger partial charge in [-0.2, -0.15) is 0 Å². The third-order valence-electron chi connectivity index (χ3n) is 4.11. The Labute approximate surface area is 109 Å². The molecule has 1 aromatic rings. The first-order valence-electron chi connectivity index (χ1n) is 7.31. The van der Waals surface area contributed by atoms with Crippen molar-refractivity contribution in [1.82, 2.24) is 19.8 Å². The van der Waals surface area contributed by atoms with E-state index in [9.17, 15) is 0 Å². The van der Waals surface area contributed by atoms with Crippen molar-refractivity contribution in [3.05, 3.63) is 18.7 Å². The Hall–Kier alpha value is -0.870. The van der Waals surface area contributed by atoms with Crippen molar-refractivity contribution in [1.29, 1.82) is 0 Å². The van der Waals surface area contributed by atoms with Gasteiger partial charge in [-0.1, -0.05) is 0 Å². The average Bonchev–Trinajstić information content (AvgIpc) is 3.09. The van der Waals surface area contributed by atoms with Gasteiger partial charge in [0.2, 0.25) is 0 Å². The zero-order valence-electron chi connectivity index (χ0n) is 11.1. The summed E-state index contributed by atoms with van der Waals surface area (Å²) < 4.78 is 2.17. The van der Waals surface area contributed by atoms with Crippen LogP contribution in [0.4, 0.5) is 0 Å². The Morgan fingerprint density at radius 3 is 2.94 bits per heavy atom. The number of rotatable bonds is 6. The monoisotopic (exact) mass is 248 g/mol. The maximum Gasteiger partial charge on any atom is 0.0946 e. The molecular formula is C14H24N4. The lowest BCUT2D eigenvalue weighted by Crippen LogP contribution is -2.41. The molecule has 1 atom stereocenters. The van der Waals surface area contributed by atoms with Crippen molar-refractivity contribution in [3.63, 3.8) is 0 Å². The molecule has 1 aromatic heterocycles. The summed E-state index contributed by atoms with van der Waals surface area (Å²) in [6.45, 7) is 6.01. The van der Waals surface area contributed by atoms with E-state index < -0.39 is 0 Å². The Morgan fingerprint density at radius 2 is 2.17 bits per heavy atom. The number of aromatic nitrogens is 2. The minimum atomic E-state index is 0.853. The summed E-state index contributed by atoms with van der Waals surface area (Å²) in [7, 11) is 0. The van der Waals surface area contributed by atoms with Crippen LogP contribution in [0, 0.1) is 5.92 Å². The van der Waals surface area contributed by atoms with Gasteiger partial charge in [0, 0.05) is 38.1 Å². The van der Waals surface area contributed by atoms with Crippen molar-refractivity contribution in [2.75, 3.05) is 26.2 Å². The van der Waals surface area contributed by atoms with Gasteiger partial charge in [-0.05, 0) is 44.7 Å². The van der Waals surface area contributed by atoms with Gasteiger partial charge in [-0.15, -0.1) is 0 Å². The van der Waals surface area contributed by atoms with E-state index in [1.165, 1.54) is 45.3 Å². The second kappa shape index (κ2) is 5.85. The minimum absolute atomic E-state index is 0.853. The SMILES string of the molecule is c1cn(CCN2CCCC(CNC3CC3)C2)cn1. The van der Waals surface area contributed by atoms with Crippen LogP contribution >= 0.6 is 0 Å². The molecule has 2 heterocycles. The van der Waals surface area contributed by atoms with E-state index >= 15 is 0 Å². The van der Waals surface area contributed by atoms with Crippen LogP contribution in [0.3, 0.4) is 0 Å². The van der Waals surface area contributed by atoms with Crippen LogP contribution in [0.5, 0.6) is 0 Å². The Bertz CT molecular complexity index is 345. The molecule has 0 bridgehead atoms. The van der Waals surface area contributed by atoms with E-state index in [-0.39, 0.29) is 0 Å². The zero-order valence-corrected chi connectivity index (χ0v) is 11.1. The molecule has 100 valence electrons.